The molecule has 1 atom stereocenters. The fraction of sp³-hybridized carbons (Fsp3) is 0.571. The molecule has 1 aliphatic carbocycles. The van der Waals surface area contributed by atoms with E-state index in [-0.39, 0.29) is 11.5 Å². The molecule has 0 radical (unpaired) electrons. The van der Waals surface area contributed by atoms with Gasteiger partial charge in [-0.2, -0.15) is 0 Å². The summed E-state index contributed by atoms with van der Waals surface area (Å²) in [4.78, 5) is 19.2. The van der Waals surface area contributed by atoms with E-state index >= 15 is 0 Å². The van der Waals surface area contributed by atoms with Crippen molar-refractivity contribution in [2.45, 2.75) is 45.6 Å². The van der Waals surface area contributed by atoms with Gasteiger partial charge in [0.05, 0.1) is 18.1 Å². The summed E-state index contributed by atoms with van der Waals surface area (Å²) in [5, 5.41) is 1.31. The molecule has 0 bridgehead atoms. The third-order valence-corrected chi connectivity index (χ3v) is 6.16. The number of amides is 1. The Bertz CT molecular complexity index is 788. The van der Waals surface area contributed by atoms with Crippen LogP contribution in [0.2, 0.25) is 0 Å². The summed E-state index contributed by atoms with van der Waals surface area (Å²) in [6.45, 7) is 5.79. The Labute approximate surface area is 149 Å². The summed E-state index contributed by atoms with van der Waals surface area (Å²) in [6, 6.07) is 8.62. The molecule has 2 heterocycles. The molecule has 4 nitrogen and oxygen atoms in total. The smallest absolute Gasteiger partial charge is 0.231 e. The number of H-pyrrole nitrogens is 1. The van der Waals surface area contributed by atoms with Crippen molar-refractivity contribution < 1.29 is 9.53 Å². The molecule has 2 aliphatic rings. The number of ether oxygens (including phenoxy) is 1. The standard InChI is InChI=1S/C21H28N2O2/c1-14(2)19-18-16(15-7-4-5-8-17(15)22-18)9-12-23(19)20(24)21(13-25-3)10-6-11-21/h4-5,7-8,14,19,22H,6,9-13H2,1-3H3. The monoisotopic (exact) mass is 340 g/mol. The lowest BCUT2D eigenvalue weighted by atomic mass is 9.67. The lowest BCUT2D eigenvalue weighted by molar-refractivity contribution is -0.156. The maximum Gasteiger partial charge on any atom is 0.231 e. The van der Waals surface area contributed by atoms with Crippen molar-refractivity contribution in [3.8, 4) is 0 Å². The number of nitrogens with zero attached hydrogens (tertiary/aromatic N) is 1. The molecular weight excluding hydrogens is 312 g/mol. The molecule has 1 unspecified atom stereocenters. The number of rotatable bonds is 4. The maximum atomic E-state index is 13.5. The molecule has 4 heteroatoms. The van der Waals surface area contributed by atoms with E-state index in [9.17, 15) is 4.79 Å². The molecule has 1 fully saturated rings. The van der Waals surface area contributed by atoms with E-state index in [1.165, 1.54) is 22.2 Å². The molecule has 1 amide bonds. The molecule has 1 aromatic carbocycles. The number of hydrogen-bond acceptors (Lipinski definition) is 2. The molecule has 1 N–H and O–H groups in total. The highest BCUT2D eigenvalue weighted by Crippen LogP contribution is 2.46. The van der Waals surface area contributed by atoms with Crippen LogP contribution in [-0.4, -0.2) is 36.1 Å². The highest BCUT2D eigenvalue weighted by atomic mass is 16.5. The first-order chi connectivity index (χ1) is 12.1. The van der Waals surface area contributed by atoms with Gasteiger partial charge in [-0.1, -0.05) is 38.5 Å². The van der Waals surface area contributed by atoms with Gasteiger partial charge in [-0.05, 0) is 36.8 Å². The molecule has 1 saturated carbocycles. The number of aromatic nitrogens is 1. The van der Waals surface area contributed by atoms with Gasteiger partial charge in [0.25, 0.3) is 0 Å². The van der Waals surface area contributed by atoms with E-state index in [1.54, 1.807) is 7.11 Å². The number of para-hydroxylation sites is 1. The third-order valence-electron chi connectivity index (χ3n) is 6.16. The van der Waals surface area contributed by atoms with Gasteiger partial charge in [0, 0.05) is 30.3 Å². The number of carbonyl (C=O) groups excluding carboxylic acids is 1. The van der Waals surface area contributed by atoms with Crippen molar-refractivity contribution in [3.05, 3.63) is 35.5 Å². The molecule has 0 spiro atoms. The summed E-state index contributed by atoms with van der Waals surface area (Å²) in [5.74, 6) is 0.666. The predicted octanol–water partition coefficient (Wildman–Crippen LogP) is 4.07. The highest BCUT2D eigenvalue weighted by molar-refractivity contribution is 5.88. The van der Waals surface area contributed by atoms with Crippen LogP contribution in [0, 0.1) is 11.3 Å². The Hall–Kier alpha value is -1.81. The largest absolute Gasteiger partial charge is 0.384 e. The fourth-order valence-electron chi connectivity index (χ4n) is 4.80. The van der Waals surface area contributed by atoms with Gasteiger partial charge in [0.15, 0.2) is 0 Å². The molecule has 4 rings (SSSR count). The second-order valence-corrected chi connectivity index (χ2v) is 8.07. The Morgan fingerprint density at radius 1 is 1.36 bits per heavy atom. The molecule has 134 valence electrons. The van der Waals surface area contributed by atoms with Gasteiger partial charge in [-0.15, -0.1) is 0 Å². The number of aromatic amines is 1. The van der Waals surface area contributed by atoms with Crippen LogP contribution in [0.4, 0.5) is 0 Å². The zero-order valence-corrected chi connectivity index (χ0v) is 15.5. The average molecular weight is 340 g/mol. The van der Waals surface area contributed by atoms with E-state index < -0.39 is 0 Å². The minimum atomic E-state index is -0.286. The zero-order chi connectivity index (χ0) is 17.6. The van der Waals surface area contributed by atoms with Gasteiger partial charge >= 0.3 is 0 Å². The van der Waals surface area contributed by atoms with Crippen LogP contribution in [0.3, 0.4) is 0 Å². The highest BCUT2D eigenvalue weighted by Gasteiger charge is 2.49. The first-order valence-corrected chi connectivity index (χ1v) is 9.47. The summed E-state index contributed by atoms with van der Waals surface area (Å²) in [6.07, 6.45) is 3.98. The lowest BCUT2D eigenvalue weighted by Crippen LogP contribution is -2.53. The van der Waals surface area contributed by atoms with Gasteiger partial charge in [-0.3, -0.25) is 4.79 Å². The second kappa shape index (κ2) is 6.17. The van der Waals surface area contributed by atoms with Crippen molar-refractivity contribution >= 4 is 16.8 Å². The molecule has 1 aromatic heterocycles. The minimum Gasteiger partial charge on any atom is -0.384 e. The van der Waals surface area contributed by atoms with Crippen molar-refractivity contribution in [3.63, 3.8) is 0 Å². The van der Waals surface area contributed by atoms with E-state index in [2.05, 4.69) is 48.0 Å². The van der Waals surface area contributed by atoms with Crippen LogP contribution in [0.25, 0.3) is 10.9 Å². The second-order valence-electron chi connectivity index (χ2n) is 8.07. The predicted molar refractivity (Wildman–Crippen MR) is 99.5 cm³/mol. The summed E-state index contributed by atoms with van der Waals surface area (Å²) in [7, 11) is 1.71. The molecule has 0 saturated heterocycles. The van der Waals surface area contributed by atoms with E-state index in [1.807, 2.05) is 0 Å². The Balaban J connectivity index is 1.74. The number of carbonyl (C=O) groups is 1. The Morgan fingerprint density at radius 3 is 2.76 bits per heavy atom. The topological polar surface area (TPSA) is 45.3 Å². The van der Waals surface area contributed by atoms with Crippen molar-refractivity contribution in [2.75, 3.05) is 20.3 Å². The van der Waals surface area contributed by atoms with Crippen LogP contribution in [0.15, 0.2) is 24.3 Å². The average Bonchev–Trinajstić information content (AvgIpc) is 2.95. The first-order valence-electron chi connectivity index (χ1n) is 9.47. The quantitative estimate of drug-likeness (QED) is 0.912. The molecule has 2 aromatic rings. The third kappa shape index (κ3) is 2.50. The van der Waals surface area contributed by atoms with Crippen LogP contribution in [0.1, 0.15) is 50.4 Å². The van der Waals surface area contributed by atoms with E-state index in [0.717, 1.165) is 32.2 Å². The first kappa shape index (κ1) is 16.6. The van der Waals surface area contributed by atoms with Crippen LogP contribution in [0.5, 0.6) is 0 Å². The number of benzene rings is 1. The van der Waals surface area contributed by atoms with Crippen molar-refractivity contribution in [1.29, 1.82) is 0 Å². The number of nitrogens with one attached hydrogen (secondary N) is 1. The van der Waals surface area contributed by atoms with Crippen LogP contribution >= 0.6 is 0 Å². The van der Waals surface area contributed by atoms with Gasteiger partial charge in [0.1, 0.15) is 0 Å². The summed E-state index contributed by atoms with van der Waals surface area (Å²) >= 11 is 0. The minimum absolute atomic E-state index is 0.123. The van der Waals surface area contributed by atoms with E-state index in [4.69, 9.17) is 4.74 Å². The van der Waals surface area contributed by atoms with Crippen LogP contribution in [-0.2, 0) is 16.0 Å². The molecular formula is C21H28N2O2. The number of fused-ring (bicyclic) bond motifs is 3. The molecule has 25 heavy (non-hydrogen) atoms. The van der Waals surface area contributed by atoms with Crippen molar-refractivity contribution in [2.24, 2.45) is 11.3 Å². The number of methoxy groups -OCH3 is 1. The molecule has 1 aliphatic heterocycles. The summed E-state index contributed by atoms with van der Waals surface area (Å²) in [5.41, 5.74) is 3.53. The van der Waals surface area contributed by atoms with Gasteiger partial charge in [0.2, 0.25) is 5.91 Å². The van der Waals surface area contributed by atoms with Gasteiger partial charge in [-0.25, -0.2) is 0 Å². The maximum absolute atomic E-state index is 13.5. The lowest BCUT2D eigenvalue weighted by Gasteiger charge is -2.47. The van der Waals surface area contributed by atoms with E-state index in [0.29, 0.717) is 18.4 Å². The normalized spacial score (nSPS) is 22.1. The SMILES string of the molecule is COCC1(C(=O)N2CCc3c([nH]c4ccccc34)C2C(C)C)CCC1. The number of hydrogen-bond donors (Lipinski definition) is 1. The van der Waals surface area contributed by atoms with Crippen LogP contribution < -0.4 is 0 Å². The summed E-state index contributed by atoms with van der Waals surface area (Å²) < 4.78 is 5.42. The van der Waals surface area contributed by atoms with Gasteiger partial charge < -0.3 is 14.6 Å². The Morgan fingerprint density at radius 2 is 2.12 bits per heavy atom. The van der Waals surface area contributed by atoms with Crippen molar-refractivity contribution in [1.82, 2.24) is 9.88 Å². The zero-order valence-electron chi connectivity index (χ0n) is 15.5. The Kier molecular flexibility index (Phi) is 4.11. The fourth-order valence-corrected chi connectivity index (χ4v) is 4.80.